The van der Waals surface area contributed by atoms with Gasteiger partial charge >= 0.3 is 0 Å². The van der Waals surface area contributed by atoms with Crippen molar-refractivity contribution in [1.82, 2.24) is 14.8 Å². The van der Waals surface area contributed by atoms with Gasteiger partial charge < -0.3 is 4.57 Å². The lowest BCUT2D eigenvalue weighted by molar-refractivity contribution is 0.664. The molecule has 1 fully saturated rings. The van der Waals surface area contributed by atoms with Crippen molar-refractivity contribution in [2.24, 2.45) is 5.92 Å². The SMILES string of the molecule is CC(C)CSc1nnc(C2CC2)n1Cc1ccccc1. The van der Waals surface area contributed by atoms with Crippen molar-refractivity contribution in [2.75, 3.05) is 5.75 Å². The molecule has 106 valence electrons. The first-order valence-electron chi connectivity index (χ1n) is 7.34. The van der Waals surface area contributed by atoms with Crippen LogP contribution in [0, 0.1) is 5.92 Å². The van der Waals surface area contributed by atoms with Gasteiger partial charge in [0.25, 0.3) is 0 Å². The van der Waals surface area contributed by atoms with Crippen molar-refractivity contribution in [3.8, 4) is 0 Å². The third kappa shape index (κ3) is 3.23. The van der Waals surface area contributed by atoms with Gasteiger partial charge in [0.1, 0.15) is 5.82 Å². The monoisotopic (exact) mass is 287 g/mol. The van der Waals surface area contributed by atoms with Crippen LogP contribution in [-0.4, -0.2) is 20.5 Å². The lowest BCUT2D eigenvalue weighted by Gasteiger charge is -2.10. The molecule has 1 aliphatic rings. The first-order valence-corrected chi connectivity index (χ1v) is 8.32. The second-order valence-electron chi connectivity index (χ2n) is 5.89. The molecule has 0 saturated heterocycles. The molecule has 1 aromatic carbocycles. The van der Waals surface area contributed by atoms with E-state index < -0.39 is 0 Å². The lowest BCUT2D eigenvalue weighted by Crippen LogP contribution is -2.06. The molecule has 0 aliphatic heterocycles. The Bertz CT molecular complexity index is 558. The highest BCUT2D eigenvalue weighted by Gasteiger charge is 2.30. The van der Waals surface area contributed by atoms with Gasteiger partial charge in [-0.1, -0.05) is 55.9 Å². The third-order valence-electron chi connectivity index (χ3n) is 3.42. The molecule has 2 aromatic rings. The summed E-state index contributed by atoms with van der Waals surface area (Å²) in [6.45, 7) is 5.37. The molecule has 0 unspecified atom stereocenters. The molecule has 1 aliphatic carbocycles. The Morgan fingerprint density at radius 1 is 1.20 bits per heavy atom. The number of benzene rings is 1. The maximum absolute atomic E-state index is 4.44. The third-order valence-corrected chi connectivity index (χ3v) is 4.81. The second kappa shape index (κ2) is 6.00. The summed E-state index contributed by atoms with van der Waals surface area (Å²) in [5, 5.41) is 9.94. The summed E-state index contributed by atoms with van der Waals surface area (Å²) < 4.78 is 2.32. The minimum Gasteiger partial charge on any atom is -0.301 e. The Morgan fingerprint density at radius 2 is 1.95 bits per heavy atom. The number of hydrogen-bond donors (Lipinski definition) is 0. The minimum absolute atomic E-state index is 0.639. The van der Waals surface area contributed by atoms with Crippen LogP contribution in [0.1, 0.15) is 44.0 Å². The zero-order valence-corrected chi connectivity index (χ0v) is 12.9. The Morgan fingerprint density at radius 3 is 2.60 bits per heavy atom. The molecule has 0 atom stereocenters. The van der Waals surface area contributed by atoms with Crippen LogP contribution in [0.25, 0.3) is 0 Å². The van der Waals surface area contributed by atoms with Gasteiger partial charge in [-0.05, 0) is 24.3 Å². The average molecular weight is 287 g/mol. The highest BCUT2D eigenvalue weighted by molar-refractivity contribution is 7.99. The molecule has 0 spiro atoms. The largest absolute Gasteiger partial charge is 0.301 e. The van der Waals surface area contributed by atoms with Crippen LogP contribution in [0.3, 0.4) is 0 Å². The zero-order chi connectivity index (χ0) is 13.9. The number of rotatable bonds is 6. The number of aromatic nitrogens is 3. The molecular formula is C16H21N3S. The van der Waals surface area contributed by atoms with E-state index in [1.165, 1.54) is 24.2 Å². The molecule has 20 heavy (non-hydrogen) atoms. The zero-order valence-electron chi connectivity index (χ0n) is 12.1. The summed E-state index contributed by atoms with van der Waals surface area (Å²) in [4.78, 5) is 0. The van der Waals surface area contributed by atoms with Gasteiger partial charge in [0.05, 0.1) is 6.54 Å². The molecular weight excluding hydrogens is 266 g/mol. The summed E-state index contributed by atoms with van der Waals surface area (Å²) in [5.41, 5.74) is 1.32. The molecule has 1 saturated carbocycles. The van der Waals surface area contributed by atoms with Crippen LogP contribution in [0.2, 0.25) is 0 Å². The highest BCUT2D eigenvalue weighted by atomic mass is 32.2. The number of nitrogens with zero attached hydrogens (tertiary/aromatic N) is 3. The maximum Gasteiger partial charge on any atom is 0.191 e. The second-order valence-corrected chi connectivity index (χ2v) is 6.88. The molecule has 0 amide bonds. The smallest absolute Gasteiger partial charge is 0.191 e. The Labute approximate surface area is 124 Å². The van der Waals surface area contributed by atoms with E-state index in [1.807, 2.05) is 11.8 Å². The number of hydrogen-bond acceptors (Lipinski definition) is 3. The normalized spacial score (nSPS) is 14.9. The summed E-state index contributed by atoms with van der Waals surface area (Å²) in [6, 6.07) is 10.6. The van der Waals surface area contributed by atoms with Crippen LogP contribution in [-0.2, 0) is 6.54 Å². The van der Waals surface area contributed by atoms with Gasteiger partial charge in [-0.3, -0.25) is 0 Å². The van der Waals surface area contributed by atoms with E-state index in [1.54, 1.807) is 0 Å². The van der Waals surface area contributed by atoms with Gasteiger partial charge in [0.2, 0.25) is 0 Å². The van der Waals surface area contributed by atoms with E-state index >= 15 is 0 Å². The fourth-order valence-corrected chi connectivity index (χ4v) is 3.10. The van der Waals surface area contributed by atoms with Crippen LogP contribution < -0.4 is 0 Å². The first-order chi connectivity index (χ1) is 9.74. The van der Waals surface area contributed by atoms with E-state index in [9.17, 15) is 0 Å². The topological polar surface area (TPSA) is 30.7 Å². The standard InChI is InChI=1S/C16H21N3S/c1-12(2)11-20-16-18-17-15(14-8-9-14)19(16)10-13-6-4-3-5-7-13/h3-7,12,14H,8-11H2,1-2H3. The first kappa shape index (κ1) is 13.7. The molecule has 3 rings (SSSR count). The fourth-order valence-electron chi connectivity index (χ4n) is 2.21. The quantitative estimate of drug-likeness (QED) is 0.754. The minimum atomic E-state index is 0.639. The van der Waals surface area contributed by atoms with Gasteiger partial charge in [-0.15, -0.1) is 10.2 Å². The summed E-state index contributed by atoms with van der Waals surface area (Å²) >= 11 is 1.83. The predicted octanol–water partition coefficient (Wildman–Crippen LogP) is 3.95. The predicted molar refractivity (Wildman–Crippen MR) is 83.1 cm³/mol. The Kier molecular flexibility index (Phi) is 4.10. The van der Waals surface area contributed by atoms with E-state index in [2.05, 4.69) is 58.9 Å². The Balaban J connectivity index is 1.83. The lowest BCUT2D eigenvalue weighted by atomic mass is 10.2. The van der Waals surface area contributed by atoms with Crippen molar-refractivity contribution in [3.63, 3.8) is 0 Å². The summed E-state index contributed by atoms with van der Waals surface area (Å²) in [6.07, 6.45) is 2.53. The average Bonchev–Trinajstić information content (AvgIpc) is 3.21. The van der Waals surface area contributed by atoms with Gasteiger partial charge in [-0.2, -0.15) is 0 Å². The van der Waals surface area contributed by atoms with Crippen LogP contribution in [0.5, 0.6) is 0 Å². The van der Waals surface area contributed by atoms with Crippen LogP contribution in [0.15, 0.2) is 35.5 Å². The molecule has 0 bridgehead atoms. The molecule has 1 aromatic heterocycles. The van der Waals surface area contributed by atoms with Gasteiger partial charge in [0, 0.05) is 11.7 Å². The van der Waals surface area contributed by atoms with E-state index in [0.717, 1.165) is 17.5 Å². The van der Waals surface area contributed by atoms with Crippen molar-refractivity contribution in [2.45, 2.75) is 44.3 Å². The van der Waals surface area contributed by atoms with E-state index in [0.29, 0.717) is 11.8 Å². The van der Waals surface area contributed by atoms with Crippen molar-refractivity contribution in [3.05, 3.63) is 41.7 Å². The molecule has 0 N–H and O–H groups in total. The van der Waals surface area contributed by atoms with Gasteiger partial charge in [0.15, 0.2) is 5.16 Å². The van der Waals surface area contributed by atoms with Crippen molar-refractivity contribution >= 4 is 11.8 Å². The Hall–Kier alpha value is -1.29. The summed E-state index contributed by atoms with van der Waals surface area (Å²) in [7, 11) is 0. The van der Waals surface area contributed by atoms with Crippen LogP contribution in [0.4, 0.5) is 0 Å². The van der Waals surface area contributed by atoms with Crippen LogP contribution >= 0.6 is 11.8 Å². The van der Waals surface area contributed by atoms with E-state index in [-0.39, 0.29) is 0 Å². The molecule has 3 nitrogen and oxygen atoms in total. The summed E-state index contributed by atoms with van der Waals surface area (Å²) in [5.74, 6) is 3.59. The van der Waals surface area contributed by atoms with E-state index in [4.69, 9.17) is 0 Å². The van der Waals surface area contributed by atoms with Crippen molar-refractivity contribution in [1.29, 1.82) is 0 Å². The fraction of sp³-hybridized carbons (Fsp3) is 0.500. The van der Waals surface area contributed by atoms with Gasteiger partial charge in [-0.25, -0.2) is 0 Å². The number of thioether (sulfide) groups is 1. The highest BCUT2D eigenvalue weighted by Crippen LogP contribution is 2.40. The molecule has 4 heteroatoms. The maximum atomic E-state index is 4.44. The molecule has 0 radical (unpaired) electrons. The molecule has 1 heterocycles. The van der Waals surface area contributed by atoms with Crippen molar-refractivity contribution < 1.29 is 0 Å².